The summed E-state index contributed by atoms with van der Waals surface area (Å²) >= 11 is 1.44. The summed E-state index contributed by atoms with van der Waals surface area (Å²) in [5, 5.41) is 5.54. The molecule has 5 nitrogen and oxygen atoms in total. The Bertz CT molecular complexity index is 935. The average Bonchev–Trinajstić information content (AvgIpc) is 3.40. The summed E-state index contributed by atoms with van der Waals surface area (Å²) in [4.78, 5) is 17.1. The zero-order valence-corrected chi connectivity index (χ0v) is 16.0. The van der Waals surface area contributed by atoms with Gasteiger partial charge in [0.25, 0.3) is 0 Å². The molecule has 1 N–H and O–H groups in total. The van der Waals surface area contributed by atoms with Crippen LogP contribution in [0.15, 0.2) is 53.9 Å². The molecule has 1 aliphatic carbocycles. The summed E-state index contributed by atoms with van der Waals surface area (Å²) in [7, 11) is 3.29. The Morgan fingerprint density at radius 2 is 1.67 bits per heavy atom. The number of ether oxygens (including phenoxy) is 2. The van der Waals surface area contributed by atoms with Crippen molar-refractivity contribution in [2.45, 2.75) is 12.3 Å². The standard InChI is InChI=1S/C21H20N2O3S/c1-25-15-7-3-13(4-8-15)17-11-18(17)20(24)23-21-22-19(12-27-21)14-5-9-16(26-2)10-6-14/h3-10,12,17-18H,11H2,1-2H3,(H,22,23,24). The lowest BCUT2D eigenvalue weighted by molar-refractivity contribution is -0.117. The van der Waals surface area contributed by atoms with Crippen molar-refractivity contribution in [3.63, 3.8) is 0 Å². The molecule has 0 spiro atoms. The minimum absolute atomic E-state index is 0.00623. The monoisotopic (exact) mass is 380 g/mol. The van der Waals surface area contributed by atoms with Gasteiger partial charge in [-0.25, -0.2) is 4.98 Å². The lowest BCUT2D eigenvalue weighted by Gasteiger charge is -2.04. The highest BCUT2D eigenvalue weighted by molar-refractivity contribution is 7.14. The SMILES string of the molecule is COc1ccc(-c2csc(NC(=O)C3CC3c3ccc(OC)cc3)n2)cc1. The number of aromatic nitrogens is 1. The van der Waals surface area contributed by atoms with E-state index in [0.29, 0.717) is 5.13 Å². The highest BCUT2D eigenvalue weighted by Crippen LogP contribution is 2.48. The van der Waals surface area contributed by atoms with Gasteiger partial charge >= 0.3 is 0 Å². The molecule has 27 heavy (non-hydrogen) atoms. The number of carbonyl (C=O) groups excluding carboxylic acids is 1. The van der Waals surface area contributed by atoms with Crippen molar-refractivity contribution in [1.29, 1.82) is 0 Å². The van der Waals surface area contributed by atoms with Gasteiger partial charge in [0.2, 0.25) is 5.91 Å². The van der Waals surface area contributed by atoms with E-state index in [4.69, 9.17) is 9.47 Å². The number of amides is 1. The molecule has 2 aromatic carbocycles. The fourth-order valence-electron chi connectivity index (χ4n) is 3.13. The Labute approximate surface area is 162 Å². The summed E-state index contributed by atoms with van der Waals surface area (Å²) in [6.07, 6.45) is 0.870. The molecule has 0 saturated heterocycles. The molecule has 1 amide bonds. The summed E-state index contributed by atoms with van der Waals surface area (Å²) in [6.45, 7) is 0. The van der Waals surface area contributed by atoms with Crippen molar-refractivity contribution in [2.24, 2.45) is 5.92 Å². The van der Waals surface area contributed by atoms with Gasteiger partial charge in [0.05, 0.1) is 19.9 Å². The summed E-state index contributed by atoms with van der Waals surface area (Å²) in [5.74, 6) is 1.95. The fourth-order valence-corrected chi connectivity index (χ4v) is 3.85. The molecule has 0 radical (unpaired) electrons. The number of carbonyl (C=O) groups is 1. The summed E-state index contributed by atoms with van der Waals surface area (Å²) in [5.41, 5.74) is 3.02. The number of nitrogens with one attached hydrogen (secondary N) is 1. The van der Waals surface area contributed by atoms with Crippen LogP contribution in [-0.2, 0) is 4.79 Å². The van der Waals surface area contributed by atoms with Crippen LogP contribution in [0.2, 0.25) is 0 Å². The lowest BCUT2D eigenvalue weighted by atomic mass is 10.1. The fraction of sp³-hybridized carbons (Fsp3) is 0.238. The molecule has 3 aromatic rings. The van der Waals surface area contributed by atoms with Gasteiger partial charge < -0.3 is 14.8 Å². The van der Waals surface area contributed by atoms with E-state index in [1.807, 2.05) is 53.9 Å². The molecule has 1 saturated carbocycles. The second kappa shape index (κ2) is 7.40. The van der Waals surface area contributed by atoms with Gasteiger partial charge in [-0.1, -0.05) is 12.1 Å². The zero-order chi connectivity index (χ0) is 18.8. The van der Waals surface area contributed by atoms with Crippen LogP contribution >= 0.6 is 11.3 Å². The first kappa shape index (κ1) is 17.5. The highest BCUT2D eigenvalue weighted by atomic mass is 32.1. The lowest BCUT2D eigenvalue weighted by Crippen LogP contribution is -2.14. The van der Waals surface area contributed by atoms with Gasteiger partial charge in [0.15, 0.2) is 5.13 Å². The first-order valence-electron chi connectivity index (χ1n) is 8.72. The molecule has 2 atom stereocenters. The van der Waals surface area contributed by atoms with Gasteiger partial charge in [-0.05, 0) is 54.3 Å². The van der Waals surface area contributed by atoms with E-state index in [1.54, 1.807) is 14.2 Å². The molecule has 0 aliphatic heterocycles. The van der Waals surface area contributed by atoms with Crippen molar-refractivity contribution in [1.82, 2.24) is 4.98 Å². The molecular formula is C21H20N2O3S. The molecular weight excluding hydrogens is 360 g/mol. The maximum atomic E-state index is 12.5. The minimum atomic E-state index is 0.00623. The van der Waals surface area contributed by atoms with Crippen LogP contribution in [0.1, 0.15) is 17.9 Å². The van der Waals surface area contributed by atoms with Crippen LogP contribution in [0.4, 0.5) is 5.13 Å². The van der Waals surface area contributed by atoms with Crippen molar-refractivity contribution in [3.05, 3.63) is 59.5 Å². The van der Waals surface area contributed by atoms with Crippen LogP contribution < -0.4 is 14.8 Å². The molecule has 4 rings (SSSR count). The number of thiazole rings is 1. The van der Waals surface area contributed by atoms with Crippen molar-refractivity contribution < 1.29 is 14.3 Å². The van der Waals surface area contributed by atoms with Crippen LogP contribution in [-0.4, -0.2) is 25.1 Å². The molecule has 1 heterocycles. The maximum Gasteiger partial charge on any atom is 0.229 e. The molecule has 138 valence electrons. The maximum absolute atomic E-state index is 12.5. The number of methoxy groups -OCH3 is 2. The van der Waals surface area contributed by atoms with Crippen molar-refractivity contribution in [2.75, 3.05) is 19.5 Å². The Kier molecular flexibility index (Phi) is 4.81. The summed E-state index contributed by atoms with van der Waals surface area (Å²) < 4.78 is 10.4. The number of rotatable bonds is 6. The van der Waals surface area contributed by atoms with E-state index in [1.165, 1.54) is 16.9 Å². The molecule has 6 heteroatoms. The first-order chi connectivity index (χ1) is 13.2. The number of hydrogen-bond acceptors (Lipinski definition) is 5. The predicted octanol–water partition coefficient (Wildman–Crippen LogP) is 4.57. The zero-order valence-electron chi connectivity index (χ0n) is 15.1. The Balaban J connectivity index is 1.38. The van der Waals surface area contributed by atoms with Gasteiger partial charge in [0.1, 0.15) is 11.5 Å². The number of benzene rings is 2. The van der Waals surface area contributed by atoms with Crippen LogP contribution in [0.5, 0.6) is 11.5 Å². The van der Waals surface area contributed by atoms with Gasteiger partial charge in [0, 0.05) is 16.9 Å². The summed E-state index contributed by atoms with van der Waals surface area (Å²) in [6, 6.07) is 15.6. The Hall–Kier alpha value is -2.86. The quantitative estimate of drug-likeness (QED) is 0.680. The third-order valence-corrected chi connectivity index (χ3v) is 5.55. The smallest absolute Gasteiger partial charge is 0.229 e. The molecule has 1 aliphatic rings. The van der Waals surface area contributed by atoms with Crippen molar-refractivity contribution >= 4 is 22.4 Å². The molecule has 0 bridgehead atoms. The Morgan fingerprint density at radius 1 is 1.04 bits per heavy atom. The third kappa shape index (κ3) is 3.80. The number of hydrogen-bond donors (Lipinski definition) is 1. The van der Waals surface area contributed by atoms with E-state index >= 15 is 0 Å². The Morgan fingerprint density at radius 3 is 2.30 bits per heavy atom. The molecule has 1 fully saturated rings. The van der Waals surface area contributed by atoms with E-state index < -0.39 is 0 Å². The van der Waals surface area contributed by atoms with Crippen molar-refractivity contribution in [3.8, 4) is 22.8 Å². The molecule has 2 unspecified atom stereocenters. The average molecular weight is 380 g/mol. The van der Waals surface area contributed by atoms with Crippen LogP contribution in [0, 0.1) is 5.92 Å². The largest absolute Gasteiger partial charge is 0.497 e. The van der Waals surface area contributed by atoms with Crippen LogP contribution in [0.25, 0.3) is 11.3 Å². The van der Waals surface area contributed by atoms with Gasteiger partial charge in [-0.3, -0.25) is 4.79 Å². The first-order valence-corrected chi connectivity index (χ1v) is 9.60. The van der Waals surface area contributed by atoms with Gasteiger partial charge in [-0.2, -0.15) is 0 Å². The van der Waals surface area contributed by atoms with E-state index in [0.717, 1.165) is 29.2 Å². The molecule has 1 aromatic heterocycles. The van der Waals surface area contributed by atoms with E-state index in [-0.39, 0.29) is 17.7 Å². The highest BCUT2D eigenvalue weighted by Gasteiger charge is 2.44. The minimum Gasteiger partial charge on any atom is -0.497 e. The van der Waals surface area contributed by atoms with E-state index in [2.05, 4.69) is 10.3 Å². The normalized spacial score (nSPS) is 18.0. The van der Waals surface area contributed by atoms with Gasteiger partial charge in [-0.15, -0.1) is 11.3 Å². The second-order valence-electron chi connectivity index (χ2n) is 6.48. The van der Waals surface area contributed by atoms with E-state index in [9.17, 15) is 4.79 Å². The second-order valence-corrected chi connectivity index (χ2v) is 7.34. The van der Waals surface area contributed by atoms with Crippen LogP contribution in [0.3, 0.4) is 0 Å². The topological polar surface area (TPSA) is 60.5 Å². The number of nitrogens with zero attached hydrogens (tertiary/aromatic N) is 1. The number of anilines is 1. The third-order valence-electron chi connectivity index (χ3n) is 4.79. The predicted molar refractivity (Wildman–Crippen MR) is 107 cm³/mol.